The quantitative estimate of drug-likeness (QED) is 0.788. The summed E-state index contributed by atoms with van der Waals surface area (Å²) in [5.74, 6) is -0.744. The molecule has 7 heteroatoms. The van der Waals surface area contributed by atoms with Gasteiger partial charge in [-0.15, -0.1) is 0 Å². The molecule has 2 rings (SSSR count). The van der Waals surface area contributed by atoms with Crippen LogP contribution in [0.5, 0.6) is 0 Å². The summed E-state index contributed by atoms with van der Waals surface area (Å²) in [6.45, 7) is 3.39. The van der Waals surface area contributed by atoms with E-state index in [0.717, 1.165) is 32.1 Å². The number of benzene rings is 1. The molecule has 0 radical (unpaired) electrons. The monoisotopic (exact) mass is 364 g/mol. The van der Waals surface area contributed by atoms with Crippen LogP contribution in [0.15, 0.2) is 27.6 Å². The molecule has 0 spiro atoms. The standard InChI is InChI=1S/C13H18BrFN2O2S/c14-11-4-5-13(12(15)10-11)20(18,19)16-6-3-9-17-7-1-2-8-17/h4-5,10,16H,1-3,6-9H2. The lowest BCUT2D eigenvalue weighted by Crippen LogP contribution is -2.29. The van der Waals surface area contributed by atoms with Gasteiger partial charge in [-0.3, -0.25) is 0 Å². The molecule has 1 N–H and O–H groups in total. The number of sulfonamides is 1. The van der Waals surface area contributed by atoms with E-state index in [4.69, 9.17) is 0 Å². The van der Waals surface area contributed by atoms with Gasteiger partial charge in [0.2, 0.25) is 10.0 Å². The first-order chi connectivity index (χ1) is 9.49. The topological polar surface area (TPSA) is 49.4 Å². The number of nitrogens with zero attached hydrogens (tertiary/aromatic N) is 1. The third-order valence-electron chi connectivity index (χ3n) is 3.33. The van der Waals surface area contributed by atoms with Gasteiger partial charge < -0.3 is 4.90 Å². The van der Waals surface area contributed by atoms with Crippen LogP contribution in [0, 0.1) is 5.82 Å². The van der Waals surface area contributed by atoms with Gasteiger partial charge in [0.05, 0.1) is 0 Å². The van der Waals surface area contributed by atoms with Crippen LogP contribution < -0.4 is 4.72 Å². The van der Waals surface area contributed by atoms with Crippen molar-refractivity contribution in [2.24, 2.45) is 0 Å². The molecular formula is C13H18BrFN2O2S. The van der Waals surface area contributed by atoms with Crippen molar-refractivity contribution in [2.45, 2.75) is 24.2 Å². The largest absolute Gasteiger partial charge is 0.303 e. The minimum atomic E-state index is -3.77. The molecule has 0 aromatic heterocycles. The fraction of sp³-hybridized carbons (Fsp3) is 0.538. The maximum atomic E-state index is 13.6. The molecule has 0 saturated carbocycles. The first-order valence-electron chi connectivity index (χ1n) is 6.66. The second-order valence-corrected chi connectivity index (χ2v) is 7.53. The van der Waals surface area contributed by atoms with Gasteiger partial charge in [-0.2, -0.15) is 0 Å². The van der Waals surface area contributed by atoms with Crippen LogP contribution in [0.4, 0.5) is 4.39 Å². The Kier molecular flexibility index (Phi) is 5.54. The second-order valence-electron chi connectivity index (χ2n) is 4.87. The average molecular weight is 365 g/mol. The smallest absolute Gasteiger partial charge is 0.243 e. The van der Waals surface area contributed by atoms with E-state index in [1.54, 1.807) is 0 Å². The van der Waals surface area contributed by atoms with Crippen molar-refractivity contribution in [3.05, 3.63) is 28.5 Å². The summed E-state index contributed by atoms with van der Waals surface area (Å²) in [5.41, 5.74) is 0. The highest BCUT2D eigenvalue weighted by Crippen LogP contribution is 2.19. The zero-order valence-electron chi connectivity index (χ0n) is 11.1. The van der Waals surface area contributed by atoms with E-state index < -0.39 is 15.8 Å². The molecule has 1 aromatic rings. The molecule has 0 aliphatic carbocycles. The van der Waals surface area contributed by atoms with Crippen LogP contribution in [0.3, 0.4) is 0 Å². The average Bonchev–Trinajstić information content (AvgIpc) is 2.87. The lowest BCUT2D eigenvalue weighted by atomic mass is 10.3. The Bertz CT molecular complexity index is 559. The number of rotatable bonds is 6. The van der Waals surface area contributed by atoms with E-state index in [9.17, 15) is 12.8 Å². The van der Waals surface area contributed by atoms with Crippen molar-refractivity contribution < 1.29 is 12.8 Å². The first-order valence-corrected chi connectivity index (χ1v) is 8.94. The number of hydrogen-bond acceptors (Lipinski definition) is 3. The predicted octanol–water partition coefficient (Wildman–Crippen LogP) is 2.35. The van der Waals surface area contributed by atoms with Crippen LogP contribution in [0.25, 0.3) is 0 Å². The highest BCUT2D eigenvalue weighted by molar-refractivity contribution is 9.10. The third-order valence-corrected chi connectivity index (χ3v) is 5.31. The van der Waals surface area contributed by atoms with Crippen molar-refractivity contribution in [1.82, 2.24) is 9.62 Å². The summed E-state index contributed by atoms with van der Waals surface area (Å²) in [6, 6.07) is 3.93. The molecule has 1 heterocycles. The zero-order chi connectivity index (χ0) is 14.6. The third kappa shape index (κ3) is 4.25. The minimum Gasteiger partial charge on any atom is -0.303 e. The number of likely N-dealkylation sites (tertiary alicyclic amines) is 1. The zero-order valence-corrected chi connectivity index (χ0v) is 13.5. The van der Waals surface area contributed by atoms with Gasteiger partial charge in [-0.25, -0.2) is 17.5 Å². The Morgan fingerprint density at radius 2 is 2.00 bits per heavy atom. The summed E-state index contributed by atoms with van der Waals surface area (Å²) in [4.78, 5) is 2.01. The lowest BCUT2D eigenvalue weighted by Gasteiger charge is -2.14. The van der Waals surface area contributed by atoms with Crippen molar-refractivity contribution in [3.8, 4) is 0 Å². The molecular weight excluding hydrogens is 347 g/mol. The Morgan fingerprint density at radius 3 is 2.65 bits per heavy atom. The summed E-state index contributed by atoms with van der Waals surface area (Å²) in [6.07, 6.45) is 3.17. The maximum Gasteiger partial charge on any atom is 0.243 e. The highest BCUT2D eigenvalue weighted by Gasteiger charge is 2.19. The Hall–Kier alpha value is -0.500. The van der Waals surface area contributed by atoms with Crippen LogP contribution in [0.2, 0.25) is 0 Å². The van der Waals surface area contributed by atoms with Gasteiger partial charge in [0.1, 0.15) is 10.7 Å². The van der Waals surface area contributed by atoms with Crippen LogP contribution in [-0.4, -0.2) is 39.5 Å². The van der Waals surface area contributed by atoms with Crippen molar-refractivity contribution in [3.63, 3.8) is 0 Å². The van der Waals surface area contributed by atoms with E-state index in [1.807, 2.05) is 0 Å². The van der Waals surface area contributed by atoms with E-state index in [0.29, 0.717) is 11.0 Å². The molecule has 1 aliphatic heterocycles. The van der Waals surface area contributed by atoms with Crippen LogP contribution >= 0.6 is 15.9 Å². The summed E-state index contributed by atoms with van der Waals surface area (Å²) < 4.78 is 40.6. The summed E-state index contributed by atoms with van der Waals surface area (Å²) in [7, 11) is -3.77. The SMILES string of the molecule is O=S(=O)(NCCCN1CCCC1)c1ccc(Br)cc1F. The summed E-state index contributed by atoms with van der Waals surface area (Å²) in [5, 5.41) is 0. The molecule has 0 atom stereocenters. The minimum absolute atomic E-state index is 0.304. The van der Waals surface area contributed by atoms with Gasteiger partial charge in [-0.05, 0) is 57.1 Å². The molecule has 0 amide bonds. The molecule has 20 heavy (non-hydrogen) atoms. The van der Waals surface area contributed by atoms with Crippen LogP contribution in [0.1, 0.15) is 19.3 Å². The Labute approximate surface area is 127 Å². The molecule has 112 valence electrons. The number of nitrogens with one attached hydrogen (secondary N) is 1. The molecule has 0 unspecified atom stereocenters. The fourth-order valence-electron chi connectivity index (χ4n) is 2.29. The summed E-state index contributed by atoms with van der Waals surface area (Å²) >= 11 is 3.10. The molecule has 1 fully saturated rings. The van der Waals surface area contributed by atoms with Gasteiger partial charge in [0.15, 0.2) is 0 Å². The van der Waals surface area contributed by atoms with E-state index >= 15 is 0 Å². The molecule has 1 aliphatic rings. The second kappa shape index (κ2) is 6.98. The van der Waals surface area contributed by atoms with E-state index in [1.165, 1.54) is 25.0 Å². The Balaban J connectivity index is 1.87. The van der Waals surface area contributed by atoms with Gasteiger partial charge in [0.25, 0.3) is 0 Å². The Morgan fingerprint density at radius 1 is 1.30 bits per heavy atom. The van der Waals surface area contributed by atoms with E-state index in [-0.39, 0.29) is 4.90 Å². The lowest BCUT2D eigenvalue weighted by molar-refractivity contribution is 0.334. The van der Waals surface area contributed by atoms with Crippen molar-refractivity contribution in [2.75, 3.05) is 26.2 Å². The normalized spacial score (nSPS) is 16.7. The highest BCUT2D eigenvalue weighted by atomic mass is 79.9. The number of hydrogen-bond donors (Lipinski definition) is 1. The molecule has 1 saturated heterocycles. The molecule has 1 aromatic carbocycles. The fourth-order valence-corrected chi connectivity index (χ4v) is 3.75. The van der Waals surface area contributed by atoms with Gasteiger partial charge in [0, 0.05) is 11.0 Å². The van der Waals surface area contributed by atoms with Gasteiger partial charge >= 0.3 is 0 Å². The first kappa shape index (κ1) is 15.9. The molecule has 0 bridgehead atoms. The molecule has 4 nitrogen and oxygen atoms in total. The van der Waals surface area contributed by atoms with Crippen molar-refractivity contribution in [1.29, 1.82) is 0 Å². The van der Waals surface area contributed by atoms with E-state index in [2.05, 4.69) is 25.6 Å². The van der Waals surface area contributed by atoms with Crippen LogP contribution in [-0.2, 0) is 10.0 Å². The maximum absolute atomic E-state index is 13.6. The van der Waals surface area contributed by atoms with Gasteiger partial charge in [-0.1, -0.05) is 15.9 Å². The predicted molar refractivity (Wildman–Crippen MR) is 79.6 cm³/mol. The van der Waals surface area contributed by atoms with Crippen molar-refractivity contribution >= 4 is 26.0 Å². The number of halogens is 2.